The first kappa shape index (κ1) is 17.7. The molecular weight excluding hydrogens is 328 g/mol. The average Bonchev–Trinajstić information content (AvgIpc) is 2.70. The average molecular weight is 350 g/mol. The molecule has 0 saturated carbocycles. The molecule has 1 amide bonds. The lowest BCUT2D eigenvalue weighted by atomic mass is 10.1. The maximum absolute atomic E-state index is 13.1. The molecule has 0 radical (unpaired) electrons. The summed E-state index contributed by atoms with van der Waals surface area (Å²) in [4.78, 5) is 19.3. The number of methoxy groups -OCH3 is 2. The van der Waals surface area contributed by atoms with Crippen molar-refractivity contribution in [2.45, 2.75) is 13.5 Å². The molecule has 0 aliphatic rings. The molecule has 0 unspecified atom stereocenters. The van der Waals surface area contributed by atoms with Crippen molar-refractivity contribution >= 4 is 16.8 Å². The van der Waals surface area contributed by atoms with Crippen molar-refractivity contribution in [2.75, 3.05) is 20.8 Å². The van der Waals surface area contributed by atoms with Gasteiger partial charge in [0.15, 0.2) is 11.5 Å². The van der Waals surface area contributed by atoms with Crippen LogP contribution in [0.15, 0.2) is 54.7 Å². The van der Waals surface area contributed by atoms with Crippen LogP contribution in [0, 0.1) is 0 Å². The predicted octanol–water partition coefficient (Wildman–Crippen LogP) is 3.91. The highest BCUT2D eigenvalue weighted by Crippen LogP contribution is 2.28. The first-order valence-electron chi connectivity index (χ1n) is 8.51. The van der Waals surface area contributed by atoms with Gasteiger partial charge in [0, 0.05) is 24.7 Å². The first-order valence-corrected chi connectivity index (χ1v) is 8.51. The van der Waals surface area contributed by atoms with E-state index in [-0.39, 0.29) is 5.91 Å². The number of aromatic nitrogens is 1. The van der Waals surface area contributed by atoms with Crippen LogP contribution in [-0.4, -0.2) is 36.6 Å². The Morgan fingerprint density at radius 3 is 2.54 bits per heavy atom. The van der Waals surface area contributed by atoms with Gasteiger partial charge in [-0.05, 0) is 36.8 Å². The normalized spacial score (nSPS) is 10.6. The summed E-state index contributed by atoms with van der Waals surface area (Å²) in [7, 11) is 3.21. The van der Waals surface area contributed by atoms with Crippen LogP contribution < -0.4 is 9.47 Å². The standard InChI is InChI=1S/C21H22N2O3/c1-4-23(14-15-9-10-19(25-2)20(13-15)26-3)21(24)17-11-12-22-18-8-6-5-7-16(17)18/h5-13H,4,14H2,1-3H3. The molecule has 0 atom stereocenters. The zero-order chi connectivity index (χ0) is 18.5. The van der Waals surface area contributed by atoms with E-state index < -0.39 is 0 Å². The second-order valence-electron chi connectivity index (χ2n) is 5.88. The second kappa shape index (κ2) is 7.87. The molecule has 0 saturated heterocycles. The molecule has 1 heterocycles. The van der Waals surface area contributed by atoms with Gasteiger partial charge >= 0.3 is 0 Å². The lowest BCUT2D eigenvalue weighted by Crippen LogP contribution is -2.30. The predicted molar refractivity (Wildman–Crippen MR) is 102 cm³/mol. The fraction of sp³-hybridized carbons (Fsp3) is 0.238. The van der Waals surface area contributed by atoms with E-state index in [1.165, 1.54) is 0 Å². The SMILES string of the molecule is CCN(Cc1ccc(OC)c(OC)c1)C(=O)c1ccnc2ccccc12. The third kappa shape index (κ3) is 3.47. The Balaban J connectivity index is 1.90. The van der Waals surface area contributed by atoms with Gasteiger partial charge in [0.25, 0.3) is 5.91 Å². The number of amides is 1. The van der Waals surface area contributed by atoms with Crippen LogP contribution in [0.5, 0.6) is 11.5 Å². The number of carbonyl (C=O) groups is 1. The summed E-state index contributed by atoms with van der Waals surface area (Å²) in [5.41, 5.74) is 2.47. The molecule has 5 heteroatoms. The highest BCUT2D eigenvalue weighted by Gasteiger charge is 2.18. The van der Waals surface area contributed by atoms with Crippen molar-refractivity contribution in [2.24, 2.45) is 0 Å². The molecule has 0 bridgehead atoms. The number of nitrogens with zero attached hydrogens (tertiary/aromatic N) is 2. The van der Waals surface area contributed by atoms with Crippen LogP contribution >= 0.6 is 0 Å². The molecule has 26 heavy (non-hydrogen) atoms. The molecule has 1 aromatic heterocycles. The molecule has 3 rings (SSSR count). The lowest BCUT2D eigenvalue weighted by molar-refractivity contribution is 0.0754. The largest absolute Gasteiger partial charge is 0.493 e. The zero-order valence-corrected chi connectivity index (χ0v) is 15.2. The van der Waals surface area contributed by atoms with Crippen LogP contribution in [0.4, 0.5) is 0 Å². The Hall–Kier alpha value is -3.08. The summed E-state index contributed by atoms with van der Waals surface area (Å²) >= 11 is 0. The number of benzene rings is 2. The van der Waals surface area contributed by atoms with E-state index in [1.54, 1.807) is 26.5 Å². The summed E-state index contributed by atoms with van der Waals surface area (Å²) in [5, 5.41) is 0.866. The van der Waals surface area contributed by atoms with Gasteiger partial charge in [-0.25, -0.2) is 0 Å². The maximum atomic E-state index is 13.1. The number of carbonyl (C=O) groups excluding carboxylic acids is 1. The number of para-hydroxylation sites is 1. The summed E-state index contributed by atoms with van der Waals surface area (Å²) in [6, 6.07) is 15.2. The number of ether oxygens (including phenoxy) is 2. The van der Waals surface area contributed by atoms with Gasteiger partial charge < -0.3 is 14.4 Å². The third-order valence-electron chi connectivity index (χ3n) is 4.37. The van der Waals surface area contributed by atoms with Crippen molar-refractivity contribution in [3.63, 3.8) is 0 Å². The van der Waals surface area contributed by atoms with Gasteiger partial charge in [0.1, 0.15) is 0 Å². The zero-order valence-electron chi connectivity index (χ0n) is 15.2. The van der Waals surface area contributed by atoms with E-state index in [0.29, 0.717) is 30.2 Å². The molecular formula is C21H22N2O3. The van der Waals surface area contributed by atoms with Gasteiger partial charge in [-0.1, -0.05) is 24.3 Å². The molecule has 0 spiro atoms. The smallest absolute Gasteiger partial charge is 0.254 e. The molecule has 134 valence electrons. The first-order chi connectivity index (χ1) is 12.7. The lowest BCUT2D eigenvalue weighted by Gasteiger charge is -2.22. The Bertz CT molecular complexity index is 919. The van der Waals surface area contributed by atoms with E-state index in [9.17, 15) is 4.79 Å². The van der Waals surface area contributed by atoms with Crippen LogP contribution in [0.2, 0.25) is 0 Å². The van der Waals surface area contributed by atoms with E-state index in [2.05, 4.69) is 4.98 Å². The van der Waals surface area contributed by atoms with Crippen LogP contribution in [0.1, 0.15) is 22.8 Å². The van der Waals surface area contributed by atoms with E-state index in [0.717, 1.165) is 16.5 Å². The number of pyridine rings is 1. The van der Waals surface area contributed by atoms with Gasteiger partial charge in [0.2, 0.25) is 0 Å². The molecule has 0 aliphatic heterocycles. The van der Waals surface area contributed by atoms with Crippen molar-refractivity contribution in [3.8, 4) is 11.5 Å². The Morgan fingerprint density at radius 2 is 1.81 bits per heavy atom. The quantitative estimate of drug-likeness (QED) is 0.676. The summed E-state index contributed by atoms with van der Waals surface area (Å²) in [6.45, 7) is 3.07. The summed E-state index contributed by atoms with van der Waals surface area (Å²) < 4.78 is 10.6. The Morgan fingerprint density at radius 1 is 1.04 bits per heavy atom. The van der Waals surface area contributed by atoms with Crippen LogP contribution in [-0.2, 0) is 6.54 Å². The molecule has 3 aromatic rings. The summed E-state index contributed by atoms with van der Waals surface area (Å²) in [5.74, 6) is 1.31. The van der Waals surface area contributed by atoms with Crippen molar-refractivity contribution < 1.29 is 14.3 Å². The molecule has 2 aromatic carbocycles. The number of fused-ring (bicyclic) bond motifs is 1. The number of hydrogen-bond donors (Lipinski definition) is 0. The van der Waals surface area contributed by atoms with Gasteiger partial charge in [-0.15, -0.1) is 0 Å². The Labute approximate surface area is 153 Å². The minimum atomic E-state index is -0.0131. The third-order valence-corrected chi connectivity index (χ3v) is 4.37. The van der Waals surface area contributed by atoms with Crippen molar-refractivity contribution in [1.82, 2.24) is 9.88 Å². The van der Waals surface area contributed by atoms with E-state index in [1.807, 2.05) is 54.3 Å². The molecule has 5 nitrogen and oxygen atoms in total. The second-order valence-corrected chi connectivity index (χ2v) is 5.88. The van der Waals surface area contributed by atoms with Crippen molar-refractivity contribution in [3.05, 3.63) is 65.9 Å². The summed E-state index contributed by atoms with van der Waals surface area (Å²) in [6.07, 6.45) is 1.68. The minimum absolute atomic E-state index is 0.0131. The highest BCUT2D eigenvalue weighted by atomic mass is 16.5. The highest BCUT2D eigenvalue weighted by molar-refractivity contribution is 6.05. The molecule has 0 aliphatic carbocycles. The van der Waals surface area contributed by atoms with Crippen LogP contribution in [0.3, 0.4) is 0 Å². The van der Waals surface area contributed by atoms with Gasteiger partial charge in [0.05, 0.1) is 25.3 Å². The monoisotopic (exact) mass is 350 g/mol. The maximum Gasteiger partial charge on any atom is 0.254 e. The number of hydrogen-bond acceptors (Lipinski definition) is 4. The molecule has 0 fully saturated rings. The topological polar surface area (TPSA) is 51.7 Å². The van der Waals surface area contributed by atoms with Gasteiger partial charge in [-0.3, -0.25) is 9.78 Å². The minimum Gasteiger partial charge on any atom is -0.493 e. The number of rotatable bonds is 6. The van der Waals surface area contributed by atoms with Crippen LogP contribution in [0.25, 0.3) is 10.9 Å². The van der Waals surface area contributed by atoms with E-state index in [4.69, 9.17) is 9.47 Å². The van der Waals surface area contributed by atoms with Crippen molar-refractivity contribution in [1.29, 1.82) is 0 Å². The van der Waals surface area contributed by atoms with Gasteiger partial charge in [-0.2, -0.15) is 0 Å². The Kier molecular flexibility index (Phi) is 5.37. The molecule has 0 N–H and O–H groups in total. The fourth-order valence-electron chi connectivity index (χ4n) is 2.98. The van der Waals surface area contributed by atoms with E-state index >= 15 is 0 Å². The fourth-order valence-corrected chi connectivity index (χ4v) is 2.98.